The summed E-state index contributed by atoms with van der Waals surface area (Å²) in [6.45, 7) is 4.79. The summed E-state index contributed by atoms with van der Waals surface area (Å²) in [7, 11) is 0. The van der Waals surface area contributed by atoms with Gasteiger partial charge in [0.2, 0.25) is 0 Å². The number of ether oxygens (including phenoxy) is 1. The van der Waals surface area contributed by atoms with Crippen LogP contribution in [0.5, 0.6) is 5.75 Å². The van der Waals surface area contributed by atoms with E-state index in [-0.39, 0.29) is 17.4 Å². The number of thiophene rings is 1. The lowest BCUT2D eigenvalue weighted by atomic mass is 9.78. The van der Waals surface area contributed by atoms with Crippen LogP contribution in [0.15, 0.2) is 157 Å². The van der Waals surface area contributed by atoms with Crippen molar-refractivity contribution in [1.82, 2.24) is 0 Å². The molecule has 3 heteroatoms. The van der Waals surface area contributed by atoms with E-state index >= 15 is 0 Å². The first-order chi connectivity index (χ1) is 25.6. The Kier molecular flexibility index (Phi) is 6.46. The van der Waals surface area contributed by atoms with Crippen LogP contribution in [-0.4, -0.2) is 6.10 Å². The molecule has 6 aromatic carbocycles. The highest BCUT2D eigenvalue weighted by Gasteiger charge is 2.45. The van der Waals surface area contributed by atoms with Crippen molar-refractivity contribution in [2.45, 2.75) is 44.1 Å². The Hall–Kier alpha value is -5.64. The Labute approximate surface area is 308 Å². The summed E-state index contributed by atoms with van der Waals surface area (Å²) in [5.74, 6) is 1.18. The Balaban J connectivity index is 1.09. The molecular formula is C49H37NOS. The fourth-order valence-electron chi connectivity index (χ4n) is 9.48. The van der Waals surface area contributed by atoms with Gasteiger partial charge in [-0.15, -0.1) is 11.3 Å². The van der Waals surface area contributed by atoms with Crippen molar-refractivity contribution in [1.29, 1.82) is 0 Å². The first-order valence-electron chi connectivity index (χ1n) is 18.5. The van der Waals surface area contributed by atoms with Gasteiger partial charge in [0.05, 0.1) is 10.4 Å². The van der Waals surface area contributed by atoms with Crippen LogP contribution in [-0.2, 0) is 5.41 Å². The van der Waals surface area contributed by atoms with E-state index in [1.807, 2.05) is 11.3 Å². The van der Waals surface area contributed by atoms with Crippen LogP contribution in [0.4, 0.5) is 11.4 Å². The maximum Gasteiger partial charge on any atom is 0.132 e. The second-order valence-electron chi connectivity index (χ2n) is 15.1. The Morgan fingerprint density at radius 3 is 2.42 bits per heavy atom. The molecule has 4 aliphatic rings. The van der Waals surface area contributed by atoms with E-state index < -0.39 is 0 Å². The van der Waals surface area contributed by atoms with Crippen molar-refractivity contribution in [3.8, 4) is 16.9 Å². The standard InChI is InChI=1S/C49H37NOS/c1-49(2)40-27-24-31(30-14-5-3-6-15-30)28-39(40)45-46(49)36-20-10-9-19-35(36)44-38-26-25-33(29-42(38)51-47(44)45)50(32-16-7-4-8-17-32)41-22-13-21-37-34-18-11-12-23-43(34)52-48(37)41/h3-5,7-14,16-29,38,42H,6,15H2,1-2H3. The third-order valence-corrected chi connectivity index (χ3v) is 13.0. The van der Waals surface area contributed by atoms with E-state index in [4.69, 9.17) is 4.74 Å². The van der Waals surface area contributed by atoms with Gasteiger partial charge in [0, 0.05) is 49.3 Å². The molecule has 0 saturated heterocycles. The highest BCUT2D eigenvalue weighted by atomic mass is 32.1. The second kappa shape index (κ2) is 11.2. The molecule has 250 valence electrons. The maximum absolute atomic E-state index is 7.31. The van der Waals surface area contributed by atoms with Gasteiger partial charge < -0.3 is 9.64 Å². The third-order valence-electron chi connectivity index (χ3n) is 11.8. The van der Waals surface area contributed by atoms with E-state index in [2.05, 4.69) is 170 Å². The number of rotatable bonds is 4. The van der Waals surface area contributed by atoms with Crippen LogP contribution < -0.4 is 9.64 Å². The largest absolute Gasteiger partial charge is 0.484 e. The van der Waals surface area contributed by atoms with Gasteiger partial charge in [0.1, 0.15) is 11.9 Å². The maximum atomic E-state index is 7.31. The highest BCUT2D eigenvalue weighted by molar-refractivity contribution is 7.26. The number of allylic oxidation sites excluding steroid dienone is 5. The first kappa shape index (κ1) is 30.0. The van der Waals surface area contributed by atoms with E-state index in [0.717, 1.165) is 30.0 Å². The summed E-state index contributed by atoms with van der Waals surface area (Å²) in [6, 6.07) is 42.5. The van der Waals surface area contributed by atoms with Gasteiger partial charge in [-0.1, -0.05) is 123 Å². The number of fused-ring (bicyclic) bond motifs is 13. The van der Waals surface area contributed by atoms with Crippen molar-refractivity contribution in [2.24, 2.45) is 0 Å². The second-order valence-corrected chi connectivity index (χ2v) is 16.1. The highest BCUT2D eigenvalue weighted by Crippen LogP contribution is 2.61. The van der Waals surface area contributed by atoms with E-state index in [1.165, 1.54) is 75.6 Å². The summed E-state index contributed by atoms with van der Waals surface area (Å²) < 4.78 is 9.91. The van der Waals surface area contributed by atoms with Crippen LogP contribution in [0.3, 0.4) is 0 Å². The fourth-order valence-corrected chi connectivity index (χ4v) is 10.7. The molecule has 0 fully saturated rings. The number of benzene rings is 6. The van der Waals surface area contributed by atoms with Gasteiger partial charge >= 0.3 is 0 Å². The molecule has 2 nitrogen and oxygen atoms in total. The minimum absolute atomic E-state index is 0.119. The summed E-state index contributed by atoms with van der Waals surface area (Å²) >= 11 is 1.87. The molecule has 0 saturated carbocycles. The average molecular weight is 688 g/mol. The quantitative estimate of drug-likeness (QED) is 0.183. The van der Waals surface area contributed by atoms with Crippen molar-refractivity contribution >= 4 is 59.2 Å². The minimum atomic E-state index is -0.153. The summed E-state index contributed by atoms with van der Waals surface area (Å²) in [6.07, 6.45) is 15.9. The van der Waals surface area contributed by atoms with Crippen LogP contribution >= 0.6 is 11.3 Å². The van der Waals surface area contributed by atoms with Crippen LogP contribution in [0, 0.1) is 0 Å². The Bertz CT molecular complexity index is 2760. The zero-order chi connectivity index (χ0) is 34.6. The van der Waals surface area contributed by atoms with Crippen LogP contribution in [0.25, 0.3) is 47.6 Å². The van der Waals surface area contributed by atoms with Crippen LogP contribution in [0.2, 0.25) is 0 Å². The van der Waals surface area contributed by atoms with E-state index in [9.17, 15) is 0 Å². The molecule has 2 heterocycles. The topological polar surface area (TPSA) is 12.5 Å². The molecule has 0 amide bonds. The van der Waals surface area contributed by atoms with Gasteiger partial charge in [0.15, 0.2) is 0 Å². The fraction of sp³-hybridized carbons (Fsp3) is 0.143. The summed E-state index contributed by atoms with van der Waals surface area (Å²) in [5.41, 5.74) is 12.7. The van der Waals surface area contributed by atoms with Gasteiger partial charge in [0.25, 0.3) is 0 Å². The predicted octanol–water partition coefficient (Wildman–Crippen LogP) is 13.4. The van der Waals surface area contributed by atoms with Gasteiger partial charge in [-0.2, -0.15) is 0 Å². The molecule has 0 spiro atoms. The number of para-hydroxylation sites is 1. The number of anilines is 2. The molecule has 0 radical (unpaired) electrons. The van der Waals surface area contributed by atoms with E-state index in [1.54, 1.807) is 0 Å². The number of nitrogens with zero attached hydrogens (tertiary/aromatic N) is 1. The first-order valence-corrected chi connectivity index (χ1v) is 19.3. The molecule has 7 aromatic rings. The third kappa shape index (κ3) is 4.23. The van der Waals surface area contributed by atoms with Crippen molar-refractivity contribution < 1.29 is 4.74 Å². The SMILES string of the molecule is CC1(C)c2ccc(C3=CC=CCC3)cc2-c2c3c(c4ccccc4c21)C1C=CC(N(c2ccccc2)c2cccc4c2sc2ccccc24)=CC1O3. The molecule has 52 heavy (non-hydrogen) atoms. The smallest absolute Gasteiger partial charge is 0.132 e. The van der Waals surface area contributed by atoms with Crippen molar-refractivity contribution in [3.63, 3.8) is 0 Å². The molecule has 1 aliphatic heterocycles. The molecule has 1 aromatic heterocycles. The molecule has 2 atom stereocenters. The number of hydrogen-bond donors (Lipinski definition) is 0. The zero-order valence-electron chi connectivity index (χ0n) is 29.3. The summed E-state index contributed by atoms with van der Waals surface area (Å²) in [4.78, 5) is 2.43. The molecule has 11 rings (SSSR count). The van der Waals surface area contributed by atoms with Crippen LogP contribution in [0.1, 0.15) is 54.9 Å². The van der Waals surface area contributed by atoms with Crippen molar-refractivity contribution in [2.75, 3.05) is 4.90 Å². The summed E-state index contributed by atoms with van der Waals surface area (Å²) in [5, 5.41) is 5.25. The Morgan fingerprint density at radius 1 is 0.788 bits per heavy atom. The lowest BCUT2D eigenvalue weighted by Crippen LogP contribution is -2.24. The monoisotopic (exact) mass is 687 g/mol. The van der Waals surface area contributed by atoms with Gasteiger partial charge in [-0.05, 0) is 93.9 Å². The lowest BCUT2D eigenvalue weighted by Gasteiger charge is -2.30. The average Bonchev–Trinajstić information content (AvgIpc) is 3.84. The molecule has 3 aliphatic carbocycles. The predicted molar refractivity (Wildman–Crippen MR) is 220 cm³/mol. The molecule has 2 unspecified atom stereocenters. The number of hydrogen-bond acceptors (Lipinski definition) is 3. The lowest BCUT2D eigenvalue weighted by molar-refractivity contribution is 0.268. The zero-order valence-corrected chi connectivity index (χ0v) is 30.1. The Morgan fingerprint density at radius 2 is 1.58 bits per heavy atom. The molecule has 0 bridgehead atoms. The molecule has 0 N–H and O–H groups in total. The molecular weight excluding hydrogens is 651 g/mol. The van der Waals surface area contributed by atoms with Crippen molar-refractivity contribution in [3.05, 3.63) is 180 Å². The normalized spacial score (nSPS) is 19.2. The van der Waals surface area contributed by atoms with Gasteiger partial charge in [-0.3, -0.25) is 0 Å². The minimum Gasteiger partial charge on any atom is -0.484 e. The van der Waals surface area contributed by atoms with E-state index in [0.29, 0.717) is 0 Å². The van der Waals surface area contributed by atoms with Gasteiger partial charge in [-0.25, -0.2) is 0 Å².